The van der Waals surface area contributed by atoms with Gasteiger partial charge in [0.15, 0.2) is 11.5 Å². The molecule has 5 heteroatoms. The molecule has 0 radical (unpaired) electrons. The van der Waals surface area contributed by atoms with Gasteiger partial charge < -0.3 is 25.2 Å². The number of aliphatic hydroxyl groups excluding tert-OH is 1. The van der Waals surface area contributed by atoms with Gasteiger partial charge >= 0.3 is 0 Å². The average molecular weight is 342 g/mol. The molecule has 2 aromatic rings. The topological polar surface area (TPSA) is 62.8 Å². The predicted molar refractivity (Wildman–Crippen MR) is 99.1 cm³/mol. The van der Waals surface area contributed by atoms with Gasteiger partial charge in [0.1, 0.15) is 0 Å². The van der Waals surface area contributed by atoms with Crippen LogP contribution in [-0.4, -0.2) is 45.1 Å². The fourth-order valence-electron chi connectivity index (χ4n) is 3.27. The summed E-state index contributed by atoms with van der Waals surface area (Å²) in [4.78, 5) is 0. The van der Waals surface area contributed by atoms with Crippen molar-refractivity contribution < 1.29 is 14.6 Å². The number of hydrogen-bond acceptors (Lipinski definition) is 5. The molecule has 5 nitrogen and oxygen atoms in total. The van der Waals surface area contributed by atoms with Crippen LogP contribution in [0.15, 0.2) is 42.5 Å². The quantitative estimate of drug-likeness (QED) is 0.719. The number of methoxy groups -OCH3 is 2. The fourth-order valence-corrected chi connectivity index (χ4v) is 3.27. The van der Waals surface area contributed by atoms with Crippen LogP contribution in [0.2, 0.25) is 0 Å². The lowest BCUT2D eigenvalue weighted by Crippen LogP contribution is -2.30. The number of aliphatic hydroxyl groups is 1. The maximum absolute atomic E-state index is 9.93. The zero-order chi connectivity index (χ0) is 17.6. The number of β-amino-alcohol motifs (C(OH)–C–C–N with tert-alkyl or cyclic N) is 1. The highest BCUT2D eigenvalue weighted by Gasteiger charge is 2.24. The Balaban J connectivity index is 1.82. The van der Waals surface area contributed by atoms with E-state index in [9.17, 15) is 5.11 Å². The standard InChI is InChI=1S/C20H26N2O3/c1-24-19-8-15(10-21-11-16-12-22-13-18(16)23)17(9-20(19)25-2)14-6-4-3-5-7-14/h3-9,16,18,21-23H,10-13H2,1-2H3. The van der Waals surface area contributed by atoms with Gasteiger partial charge in [0.05, 0.1) is 20.3 Å². The third-order valence-corrected chi connectivity index (χ3v) is 4.72. The van der Waals surface area contributed by atoms with E-state index in [1.807, 2.05) is 30.3 Å². The molecule has 1 heterocycles. The molecule has 2 unspecified atom stereocenters. The smallest absolute Gasteiger partial charge is 0.161 e. The van der Waals surface area contributed by atoms with E-state index in [-0.39, 0.29) is 12.0 Å². The third kappa shape index (κ3) is 4.12. The molecule has 0 aliphatic carbocycles. The molecule has 3 rings (SSSR count). The molecule has 3 N–H and O–H groups in total. The number of nitrogens with one attached hydrogen (secondary N) is 2. The molecular formula is C20H26N2O3. The zero-order valence-electron chi connectivity index (χ0n) is 14.8. The van der Waals surface area contributed by atoms with E-state index >= 15 is 0 Å². The molecule has 2 aromatic carbocycles. The van der Waals surface area contributed by atoms with Gasteiger partial charge in [-0.2, -0.15) is 0 Å². The summed E-state index contributed by atoms with van der Waals surface area (Å²) in [6.45, 7) is 3.01. The minimum Gasteiger partial charge on any atom is -0.493 e. The molecule has 0 bridgehead atoms. The summed E-state index contributed by atoms with van der Waals surface area (Å²) in [5.41, 5.74) is 3.41. The second-order valence-corrected chi connectivity index (χ2v) is 6.35. The Kier molecular flexibility index (Phi) is 5.91. The fraction of sp³-hybridized carbons (Fsp3) is 0.400. The van der Waals surface area contributed by atoms with Gasteiger partial charge in [-0.3, -0.25) is 0 Å². The van der Waals surface area contributed by atoms with E-state index in [0.29, 0.717) is 13.1 Å². The largest absolute Gasteiger partial charge is 0.493 e. The van der Waals surface area contributed by atoms with Crippen molar-refractivity contribution in [2.45, 2.75) is 12.6 Å². The minimum absolute atomic E-state index is 0.250. The minimum atomic E-state index is -0.272. The van der Waals surface area contributed by atoms with Crippen molar-refractivity contribution in [3.63, 3.8) is 0 Å². The Hall–Kier alpha value is -2.08. The van der Waals surface area contributed by atoms with Crippen LogP contribution in [0.25, 0.3) is 11.1 Å². The normalized spacial score (nSPS) is 19.8. The van der Waals surface area contributed by atoms with Gasteiger partial charge in [-0.1, -0.05) is 30.3 Å². The molecule has 0 saturated carbocycles. The summed E-state index contributed by atoms with van der Waals surface area (Å²) in [5, 5.41) is 16.6. The Morgan fingerprint density at radius 3 is 2.44 bits per heavy atom. The highest BCUT2D eigenvalue weighted by Crippen LogP contribution is 2.35. The van der Waals surface area contributed by atoms with Gasteiger partial charge in [0.2, 0.25) is 0 Å². The molecule has 1 fully saturated rings. The number of hydrogen-bond donors (Lipinski definition) is 3. The van der Waals surface area contributed by atoms with Crippen molar-refractivity contribution in [2.24, 2.45) is 5.92 Å². The van der Waals surface area contributed by atoms with Gasteiger partial charge in [-0.25, -0.2) is 0 Å². The van der Waals surface area contributed by atoms with Crippen LogP contribution in [0.5, 0.6) is 11.5 Å². The average Bonchev–Trinajstić information content (AvgIpc) is 3.07. The van der Waals surface area contributed by atoms with Crippen LogP contribution < -0.4 is 20.1 Å². The van der Waals surface area contributed by atoms with Crippen LogP contribution in [0, 0.1) is 5.92 Å². The highest BCUT2D eigenvalue weighted by molar-refractivity contribution is 5.71. The molecule has 0 amide bonds. The van der Waals surface area contributed by atoms with Crippen LogP contribution in [0.1, 0.15) is 5.56 Å². The van der Waals surface area contributed by atoms with Crippen molar-refractivity contribution in [3.05, 3.63) is 48.0 Å². The summed E-state index contributed by atoms with van der Waals surface area (Å²) < 4.78 is 10.9. The molecule has 0 aromatic heterocycles. The Bertz CT molecular complexity index is 691. The first-order chi connectivity index (χ1) is 12.2. The SMILES string of the molecule is COc1cc(CNCC2CNCC2O)c(-c2ccccc2)cc1OC. The van der Waals surface area contributed by atoms with Crippen molar-refractivity contribution in [3.8, 4) is 22.6 Å². The molecule has 1 saturated heterocycles. The number of ether oxygens (including phenoxy) is 2. The first kappa shape index (κ1) is 17.7. The summed E-state index contributed by atoms with van der Waals surface area (Å²) in [7, 11) is 3.30. The third-order valence-electron chi connectivity index (χ3n) is 4.72. The van der Waals surface area contributed by atoms with E-state index in [1.54, 1.807) is 14.2 Å². The molecule has 2 atom stereocenters. The lowest BCUT2D eigenvalue weighted by molar-refractivity contribution is 0.146. The van der Waals surface area contributed by atoms with Crippen LogP contribution in [0.4, 0.5) is 0 Å². The van der Waals surface area contributed by atoms with Crippen molar-refractivity contribution in [2.75, 3.05) is 33.9 Å². The number of rotatable bonds is 7. The number of benzene rings is 2. The van der Waals surface area contributed by atoms with Crippen LogP contribution in [-0.2, 0) is 6.54 Å². The van der Waals surface area contributed by atoms with Gasteiger partial charge in [-0.05, 0) is 28.8 Å². The van der Waals surface area contributed by atoms with Crippen molar-refractivity contribution in [1.82, 2.24) is 10.6 Å². The second-order valence-electron chi connectivity index (χ2n) is 6.35. The second kappa shape index (κ2) is 8.34. The molecule has 134 valence electrons. The summed E-state index contributed by atoms with van der Waals surface area (Å²) >= 11 is 0. The lowest BCUT2D eigenvalue weighted by Gasteiger charge is -2.18. The maximum atomic E-state index is 9.93. The Labute approximate surface area is 149 Å². The molecule has 0 spiro atoms. The molecule has 1 aliphatic rings. The van der Waals surface area contributed by atoms with Crippen LogP contribution >= 0.6 is 0 Å². The summed E-state index contributed by atoms with van der Waals surface area (Å²) in [6, 6.07) is 14.3. The van der Waals surface area contributed by atoms with E-state index in [2.05, 4.69) is 22.8 Å². The first-order valence-corrected chi connectivity index (χ1v) is 8.62. The molecule has 25 heavy (non-hydrogen) atoms. The summed E-state index contributed by atoms with van der Waals surface area (Å²) in [6.07, 6.45) is -0.272. The van der Waals surface area contributed by atoms with E-state index in [1.165, 1.54) is 0 Å². The Morgan fingerprint density at radius 2 is 1.80 bits per heavy atom. The van der Waals surface area contributed by atoms with Gasteiger partial charge in [-0.15, -0.1) is 0 Å². The van der Waals surface area contributed by atoms with E-state index < -0.39 is 0 Å². The molecule has 1 aliphatic heterocycles. The van der Waals surface area contributed by atoms with E-state index in [4.69, 9.17) is 9.47 Å². The lowest BCUT2D eigenvalue weighted by atomic mass is 9.98. The zero-order valence-corrected chi connectivity index (χ0v) is 14.8. The van der Waals surface area contributed by atoms with E-state index in [0.717, 1.165) is 41.3 Å². The monoisotopic (exact) mass is 342 g/mol. The first-order valence-electron chi connectivity index (χ1n) is 8.62. The Morgan fingerprint density at radius 1 is 1.08 bits per heavy atom. The maximum Gasteiger partial charge on any atom is 0.161 e. The van der Waals surface area contributed by atoms with Crippen molar-refractivity contribution >= 4 is 0 Å². The van der Waals surface area contributed by atoms with Crippen molar-refractivity contribution in [1.29, 1.82) is 0 Å². The van der Waals surface area contributed by atoms with Gasteiger partial charge in [0, 0.05) is 32.1 Å². The molecular weight excluding hydrogens is 316 g/mol. The van der Waals surface area contributed by atoms with Crippen LogP contribution in [0.3, 0.4) is 0 Å². The predicted octanol–water partition coefficient (Wildman–Crippen LogP) is 2.04. The summed E-state index contributed by atoms with van der Waals surface area (Å²) in [5.74, 6) is 1.70. The highest BCUT2D eigenvalue weighted by atomic mass is 16.5. The van der Waals surface area contributed by atoms with Gasteiger partial charge in [0.25, 0.3) is 0 Å².